The van der Waals surface area contributed by atoms with Crippen LogP contribution in [0.2, 0.25) is 5.02 Å². The molecular weight excluding hydrogens is 1350 g/mol. The van der Waals surface area contributed by atoms with Gasteiger partial charge in [0, 0.05) is 126 Å². The molecule has 4 saturated heterocycles. The quantitative estimate of drug-likeness (QED) is 0.0620. The van der Waals surface area contributed by atoms with Gasteiger partial charge in [0.15, 0.2) is 21.7 Å². The van der Waals surface area contributed by atoms with Gasteiger partial charge in [0.05, 0.1) is 47.8 Å². The van der Waals surface area contributed by atoms with Crippen LogP contribution in [0.15, 0.2) is 145 Å². The second kappa shape index (κ2) is 27.0. The Balaban J connectivity index is 0.000000172. The molecule has 4 N–H and O–H groups in total. The summed E-state index contributed by atoms with van der Waals surface area (Å²) in [6.45, 7) is 6.75. The third-order valence-corrected chi connectivity index (χ3v) is 21.6. The number of fused-ring (bicyclic) bond motifs is 2. The predicted octanol–water partition coefficient (Wildman–Crippen LogP) is 9.67. The van der Waals surface area contributed by atoms with E-state index < -0.39 is 58.4 Å². The summed E-state index contributed by atoms with van der Waals surface area (Å²) in [7, 11) is 1.32. The maximum atomic E-state index is 14.1. The van der Waals surface area contributed by atoms with E-state index in [2.05, 4.69) is 46.3 Å². The van der Waals surface area contributed by atoms with Gasteiger partial charge < -0.3 is 40.1 Å². The van der Waals surface area contributed by atoms with Crippen LogP contribution < -0.4 is 20.4 Å². The number of aliphatic imine (C=N–C) groups is 2. The normalized spacial score (nSPS) is 22.3. The fourth-order valence-corrected chi connectivity index (χ4v) is 16.0. The Labute approximate surface area is 566 Å². The molecule has 2 aliphatic carbocycles. The molecule has 8 aliphatic rings. The van der Waals surface area contributed by atoms with Crippen LogP contribution in [0.1, 0.15) is 89.8 Å². The summed E-state index contributed by atoms with van der Waals surface area (Å²) in [5.41, 5.74) is 4.21. The van der Waals surface area contributed by atoms with Gasteiger partial charge in [-0.15, -0.1) is 22.7 Å². The van der Waals surface area contributed by atoms with Gasteiger partial charge in [-0.25, -0.2) is 37.9 Å². The Morgan fingerprint density at radius 1 is 0.642 bits per heavy atom. The van der Waals surface area contributed by atoms with Crippen molar-refractivity contribution in [2.45, 2.75) is 80.4 Å². The van der Waals surface area contributed by atoms with E-state index in [-0.39, 0.29) is 41.3 Å². The summed E-state index contributed by atoms with van der Waals surface area (Å²) in [5, 5.41) is 31.4. The van der Waals surface area contributed by atoms with Gasteiger partial charge in [-0.1, -0.05) is 76.8 Å². The fraction of sp³-hybridized carbons (Fsp3) is 0.373. The monoisotopic (exact) mass is 1410 g/mol. The molecule has 4 atom stereocenters. The minimum Gasteiger partial charge on any atom is -0.481 e. The highest BCUT2D eigenvalue weighted by molar-refractivity contribution is 9.10. The first-order valence-corrected chi connectivity index (χ1v) is 34.2. The molecule has 28 heteroatoms. The number of nitrogens with one attached hydrogen (secondary N) is 2. The lowest BCUT2D eigenvalue weighted by Crippen LogP contribution is -2.53. The molecule has 0 radical (unpaired) electrons. The number of methoxy groups -OCH3 is 1. The lowest BCUT2D eigenvalue weighted by atomic mass is 9.79. The predicted molar refractivity (Wildman–Crippen MR) is 356 cm³/mol. The van der Waals surface area contributed by atoms with Crippen LogP contribution in [-0.4, -0.2) is 179 Å². The summed E-state index contributed by atoms with van der Waals surface area (Å²) in [6, 6.07) is 21.0. The van der Waals surface area contributed by atoms with E-state index in [0.29, 0.717) is 145 Å². The summed E-state index contributed by atoms with van der Waals surface area (Å²) < 4.78 is 39.3. The smallest absolute Gasteiger partial charge is 0.338 e. The van der Waals surface area contributed by atoms with Crippen LogP contribution in [0.4, 0.5) is 29.7 Å². The van der Waals surface area contributed by atoms with Crippen LogP contribution in [0.25, 0.3) is 0 Å². The average Bonchev–Trinajstić information content (AvgIpc) is 1.69. The molecule has 0 unspecified atom stereocenters. The van der Waals surface area contributed by atoms with Crippen molar-refractivity contribution < 1.29 is 57.2 Å². The van der Waals surface area contributed by atoms with Crippen molar-refractivity contribution in [3.63, 3.8) is 0 Å². The molecule has 494 valence electrons. The Bertz CT molecular complexity index is 4130. The number of benzene rings is 4. The van der Waals surface area contributed by atoms with E-state index in [9.17, 15) is 47.8 Å². The highest BCUT2D eigenvalue weighted by atomic mass is 79.9. The van der Waals surface area contributed by atoms with E-state index in [4.69, 9.17) is 31.1 Å². The van der Waals surface area contributed by atoms with Gasteiger partial charge in [0.25, 0.3) is 0 Å². The number of nitrogens with zero attached hydrogens (tertiary/aromatic N) is 10. The highest BCUT2D eigenvalue weighted by Crippen LogP contribution is 2.49. The number of carbonyl (C=O) groups excluding carboxylic acids is 4. The van der Waals surface area contributed by atoms with Crippen molar-refractivity contribution >= 4 is 109 Å². The molecule has 4 amide bonds. The minimum absolute atomic E-state index is 0.0779. The number of carboxylic acid groups (broad SMARTS) is 2. The second-order valence-corrected chi connectivity index (χ2v) is 27.6. The lowest BCUT2D eigenvalue weighted by Gasteiger charge is -2.38. The Hall–Kier alpha value is -8.47. The summed E-state index contributed by atoms with van der Waals surface area (Å²) in [4.78, 5) is 108. The molecule has 6 aliphatic heterocycles. The number of hydrogen-bond donors (Lipinski definition) is 4. The maximum absolute atomic E-state index is 14.1. The summed E-state index contributed by atoms with van der Waals surface area (Å²) in [5.74, 6) is -2.66. The summed E-state index contributed by atoms with van der Waals surface area (Å²) >= 11 is 12.8. The first-order valence-electron chi connectivity index (χ1n) is 31.3. The molecule has 6 fully saturated rings. The number of amidine groups is 2. The van der Waals surface area contributed by atoms with Gasteiger partial charge in [0.1, 0.15) is 23.7 Å². The van der Waals surface area contributed by atoms with E-state index >= 15 is 0 Å². The van der Waals surface area contributed by atoms with Crippen molar-refractivity contribution in [3.05, 3.63) is 184 Å². The third-order valence-electron chi connectivity index (χ3n) is 19.1. The lowest BCUT2D eigenvalue weighted by molar-refractivity contribution is -0.144. The molecule has 6 aromatic rings. The fourth-order valence-electron chi connectivity index (χ4n) is 14.0. The number of carbonyl (C=O) groups is 6. The molecule has 0 spiro atoms. The zero-order valence-corrected chi connectivity index (χ0v) is 55.7. The highest BCUT2D eigenvalue weighted by Gasteiger charge is 2.52. The van der Waals surface area contributed by atoms with Gasteiger partial charge in [0.2, 0.25) is 0 Å². The molecular formula is C67H66BrClF2N12O10S2. The standard InChI is InChI=1S/C34H34BrFN6O5S.C33H32ClFN6O5S/c1-47-31(43)27-26(38-29(30-37-12-15-48-30)39-28(27)24-9-6-21(36)16-25(24)35)19-40-13-14-41-23(17-40)18-42(33(41)46)22-7-4-20(5-8-22)34(32(44)45)10-2-3-11-34;1-2-46-30(42)26-25(37-28(29-36-11-14-47-29)38-27(26)23-8-5-20(35)15-24(23)34)18-39-12-13-40-22(16-39)17-41(32(40)45)21-6-3-19(4-7-21)33(9-10-33)31(43)44/h4-9,12,15-16,23,28H,2-3,10-11,13-14,17-19H2,1H3,(H,38,39)(H,44,45);3-8,11,14-15,22,27H,2,9-10,12-13,16-18H2,1H3,(H,37,38)(H,43,44)/t23-,28-;22-,27-/m00/s1. The second-order valence-electron chi connectivity index (χ2n) is 24.5. The average molecular weight is 1420 g/mol. The third kappa shape index (κ3) is 12.7. The number of piperazine rings is 2. The molecule has 4 aromatic carbocycles. The number of amides is 4. The SMILES string of the molecule is CCOC(=O)C1=C(CN2CCN3C(=O)N(c4ccc(C5(C(=O)O)CC5)cc4)C[C@@H]3C2)NC(c2nccs2)=N[C@H]1c1ccc(F)cc1Cl.COC(=O)C1=C(CN2CCN3C(=O)N(c4ccc(C5(C(=O)O)CCCC5)cc4)C[C@@H]3C2)NC(c2nccs2)=N[C@H]1c1ccc(F)cc1Br. The van der Waals surface area contributed by atoms with E-state index in [1.807, 2.05) is 69.1 Å². The van der Waals surface area contributed by atoms with Crippen molar-refractivity contribution in [2.24, 2.45) is 9.98 Å². The number of ether oxygens (including phenoxy) is 2. The van der Waals surface area contributed by atoms with Crippen LogP contribution in [0.5, 0.6) is 0 Å². The Morgan fingerprint density at radius 2 is 1.11 bits per heavy atom. The van der Waals surface area contributed by atoms with Crippen LogP contribution >= 0.6 is 50.2 Å². The number of aliphatic carboxylic acids is 2. The number of thiazole rings is 2. The van der Waals surface area contributed by atoms with E-state index in [0.717, 1.165) is 35.3 Å². The maximum Gasteiger partial charge on any atom is 0.338 e. The zero-order chi connectivity index (χ0) is 66.4. The van der Waals surface area contributed by atoms with Gasteiger partial charge in [-0.2, -0.15) is 0 Å². The number of aromatic nitrogens is 2. The molecule has 95 heavy (non-hydrogen) atoms. The zero-order valence-electron chi connectivity index (χ0n) is 51.7. The molecule has 2 saturated carbocycles. The number of esters is 2. The van der Waals surface area contributed by atoms with Crippen molar-refractivity contribution in [2.75, 3.05) is 89.0 Å². The van der Waals surface area contributed by atoms with Crippen molar-refractivity contribution in [1.29, 1.82) is 0 Å². The van der Waals surface area contributed by atoms with Gasteiger partial charge >= 0.3 is 35.9 Å². The number of urea groups is 2. The van der Waals surface area contributed by atoms with Crippen LogP contribution in [0.3, 0.4) is 0 Å². The number of hydrogen-bond acceptors (Lipinski definition) is 18. The molecule has 0 bridgehead atoms. The van der Waals surface area contributed by atoms with Crippen molar-refractivity contribution in [1.82, 2.24) is 40.2 Å². The van der Waals surface area contributed by atoms with E-state index in [1.165, 1.54) is 60.1 Å². The molecule has 8 heterocycles. The molecule has 14 rings (SSSR count). The largest absolute Gasteiger partial charge is 0.481 e. The van der Waals surface area contributed by atoms with Gasteiger partial charge in [-0.05, 0) is 97.8 Å². The van der Waals surface area contributed by atoms with Gasteiger partial charge in [-0.3, -0.25) is 39.2 Å². The number of rotatable bonds is 17. The number of carboxylic acids is 2. The Kier molecular flexibility index (Phi) is 18.5. The first-order chi connectivity index (χ1) is 45.9. The number of halogens is 4. The topological polar surface area (TPSA) is 255 Å². The van der Waals surface area contributed by atoms with E-state index in [1.54, 1.807) is 35.2 Å². The van der Waals surface area contributed by atoms with Crippen molar-refractivity contribution in [3.8, 4) is 0 Å². The van der Waals surface area contributed by atoms with Crippen LogP contribution in [-0.2, 0) is 39.5 Å². The minimum atomic E-state index is -0.860. The first kappa shape index (κ1) is 65.2. The summed E-state index contributed by atoms with van der Waals surface area (Å²) in [6.07, 6.45) is 7.62. The molecule has 2 aromatic heterocycles. The van der Waals surface area contributed by atoms with Crippen LogP contribution in [0, 0.1) is 11.6 Å². The molecule has 22 nitrogen and oxygen atoms in total. The Morgan fingerprint density at radius 3 is 1.54 bits per heavy atom. The number of anilines is 2.